The number of carbonyl (C=O) groups excluding carboxylic acids is 1. The van der Waals surface area contributed by atoms with Crippen LogP contribution in [0.15, 0.2) is 42.6 Å². The molecule has 0 unspecified atom stereocenters. The largest absolute Gasteiger partial charge is 0.497 e. The zero-order valence-corrected chi connectivity index (χ0v) is 12.5. The molecule has 5 nitrogen and oxygen atoms in total. The highest BCUT2D eigenvalue weighted by molar-refractivity contribution is 5.94. The molecule has 0 saturated carbocycles. The van der Waals surface area contributed by atoms with Crippen molar-refractivity contribution in [2.45, 2.75) is 0 Å². The smallest absolute Gasteiger partial charge is 0.255 e. The van der Waals surface area contributed by atoms with Crippen molar-refractivity contribution in [2.75, 3.05) is 33.4 Å². The first-order valence-corrected chi connectivity index (χ1v) is 7.25. The van der Waals surface area contributed by atoms with Crippen molar-refractivity contribution < 1.29 is 14.3 Å². The van der Waals surface area contributed by atoms with Crippen LogP contribution >= 0.6 is 0 Å². The lowest BCUT2D eigenvalue weighted by atomic mass is 10.1. The van der Waals surface area contributed by atoms with E-state index in [-0.39, 0.29) is 5.91 Å². The van der Waals surface area contributed by atoms with E-state index >= 15 is 0 Å². The molecule has 2 aromatic rings. The Labute approximate surface area is 129 Å². The van der Waals surface area contributed by atoms with Gasteiger partial charge in [-0.1, -0.05) is 12.1 Å². The van der Waals surface area contributed by atoms with E-state index in [1.54, 1.807) is 18.2 Å². The van der Waals surface area contributed by atoms with Crippen LogP contribution in [-0.4, -0.2) is 49.2 Å². The van der Waals surface area contributed by atoms with Crippen molar-refractivity contribution in [1.29, 1.82) is 0 Å². The quantitative estimate of drug-likeness (QED) is 0.872. The maximum absolute atomic E-state index is 12.4. The van der Waals surface area contributed by atoms with Crippen LogP contribution in [0.1, 0.15) is 10.4 Å². The van der Waals surface area contributed by atoms with Crippen LogP contribution in [0.5, 0.6) is 5.75 Å². The summed E-state index contributed by atoms with van der Waals surface area (Å²) in [6.45, 7) is 2.47. The van der Waals surface area contributed by atoms with Crippen molar-refractivity contribution in [2.24, 2.45) is 0 Å². The molecule has 1 saturated heterocycles. The fraction of sp³-hybridized carbons (Fsp3) is 0.294. The van der Waals surface area contributed by atoms with Crippen LogP contribution in [0, 0.1) is 0 Å². The predicted molar refractivity (Wildman–Crippen MR) is 82.9 cm³/mol. The monoisotopic (exact) mass is 298 g/mol. The number of aromatic nitrogens is 1. The van der Waals surface area contributed by atoms with Crippen LogP contribution in [0.2, 0.25) is 0 Å². The number of ether oxygens (including phenoxy) is 2. The lowest BCUT2D eigenvalue weighted by Gasteiger charge is -2.26. The molecule has 0 bridgehead atoms. The first kappa shape index (κ1) is 14.5. The van der Waals surface area contributed by atoms with Crippen LogP contribution in [0.4, 0.5) is 0 Å². The zero-order chi connectivity index (χ0) is 15.4. The minimum Gasteiger partial charge on any atom is -0.497 e. The Hall–Kier alpha value is -2.40. The Balaban J connectivity index is 1.78. The van der Waals surface area contributed by atoms with E-state index in [1.165, 1.54) is 0 Å². The molecule has 1 aliphatic rings. The third-order valence-electron chi connectivity index (χ3n) is 3.67. The van der Waals surface area contributed by atoms with E-state index < -0.39 is 0 Å². The van der Waals surface area contributed by atoms with Crippen LogP contribution in [0.25, 0.3) is 11.3 Å². The summed E-state index contributed by atoms with van der Waals surface area (Å²) in [6.07, 6.45) is 1.63. The normalized spacial score (nSPS) is 14.7. The van der Waals surface area contributed by atoms with Gasteiger partial charge in [0.15, 0.2) is 0 Å². The van der Waals surface area contributed by atoms with Crippen molar-refractivity contribution in [3.8, 4) is 17.0 Å². The molecule has 0 N–H and O–H groups in total. The Morgan fingerprint density at radius 2 is 2.05 bits per heavy atom. The summed E-state index contributed by atoms with van der Waals surface area (Å²) in [5.74, 6) is 0.792. The van der Waals surface area contributed by atoms with E-state index in [4.69, 9.17) is 9.47 Å². The Morgan fingerprint density at radius 3 is 2.73 bits per heavy atom. The lowest BCUT2D eigenvalue weighted by molar-refractivity contribution is 0.0302. The van der Waals surface area contributed by atoms with Gasteiger partial charge in [-0.15, -0.1) is 0 Å². The SMILES string of the molecule is COc1cccc(-c2ccc(C(=O)N3CCOCC3)cn2)c1. The number of methoxy groups -OCH3 is 1. The molecule has 0 radical (unpaired) electrons. The number of carbonyl (C=O) groups is 1. The number of amides is 1. The summed E-state index contributed by atoms with van der Waals surface area (Å²) in [6, 6.07) is 11.4. The molecule has 22 heavy (non-hydrogen) atoms. The zero-order valence-electron chi connectivity index (χ0n) is 12.5. The van der Waals surface area contributed by atoms with Gasteiger partial charge in [0, 0.05) is 24.8 Å². The fourth-order valence-corrected chi connectivity index (χ4v) is 2.42. The van der Waals surface area contributed by atoms with Crippen LogP contribution in [-0.2, 0) is 4.74 Å². The summed E-state index contributed by atoms with van der Waals surface area (Å²) < 4.78 is 10.5. The third kappa shape index (κ3) is 3.09. The van der Waals surface area contributed by atoms with Gasteiger partial charge < -0.3 is 14.4 Å². The summed E-state index contributed by atoms with van der Waals surface area (Å²) in [4.78, 5) is 18.6. The molecular formula is C17H18N2O3. The molecule has 3 rings (SSSR count). The number of nitrogens with zero attached hydrogens (tertiary/aromatic N) is 2. The predicted octanol–water partition coefficient (Wildman–Crippen LogP) is 2.23. The number of morpholine rings is 1. The van der Waals surface area contributed by atoms with E-state index in [0.29, 0.717) is 31.9 Å². The summed E-state index contributed by atoms with van der Waals surface area (Å²) >= 11 is 0. The van der Waals surface area contributed by atoms with Crippen molar-refractivity contribution in [1.82, 2.24) is 9.88 Å². The first-order valence-electron chi connectivity index (χ1n) is 7.25. The Bertz CT molecular complexity index is 649. The number of pyridine rings is 1. The van der Waals surface area contributed by atoms with Gasteiger partial charge in [0.2, 0.25) is 0 Å². The molecule has 5 heteroatoms. The van der Waals surface area contributed by atoms with Gasteiger partial charge in [-0.3, -0.25) is 9.78 Å². The van der Waals surface area contributed by atoms with Crippen LogP contribution < -0.4 is 4.74 Å². The highest BCUT2D eigenvalue weighted by atomic mass is 16.5. The maximum atomic E-state index is 12.4. The van der Waals surface area contributed by atoms with Gasteiger partial charge in [0.05, 0.1) is 31.6 Å². The molecule has 114 valence electrons. The number of rotatable bonds is 3. The van der Waals surface area contributed by atoms with E-state index in [0.717, 1.165) is 17.0 Å². The van der Waals surface area contributed by atoms with E-state index in [1.807, 2.05) is 36.4 Å². The third-order valence-corrected chi connectivity index (χ3v) is 3.67. The number of hydrogen-bond acceptors (Lipinski definition) is 4. The van der Waals surface area contributed by atoms with Crippen molar-refractivity contribution in [3.63, 3.8) is 0 Å². The second kappa shape index (κ2) is 6.58. The van der Waals surface area contributed by atoms with Gasteiger partial charge >= 0.3 is 0 Å². The molecule has 1 amide bonds. The van der Waals surface area contributed by atoms with Gasteiger partial charge in [-0.05, 0) is 24.3 Å². The highest BCUT2D eigenvalue weighted by Gasteiger charge is 2.18. The minimum absolute atomic E-state index is 0.00740. The molecule has 1 aromatic heterocycles. The second-order valence-corrected chi connectivity index (χ2v) is 5.07. The van der Waals surface area contributed by atoms with E-state index in [2.05, 4.69) is 4.98 Å². The topological polar surface area (TPSA) is 51.7 Å². The minimum atomic E-state index is 0.00740. The van der Waals surface area contributed by atoms with Gasteiger partial charge in [-0.2, -0.15) is 0 Å². The Morgan fingerprint density at radius 1 is 1.23 bits per heavy atom. The van der Waals surface area contributed by atoms with Gasteiger partial charge in [0.25, 0.3) is 5.91 Å². The molecule has 0 atom stereocenters. The molecule has 1 aliphatic heterocycles. The maximum Gasteiger partial charge on any atom is 0.255 e. The summed E-state index contributed by atoms with van der Waals surface area (Å²) in [5, 5.41) is 0. The van der Waals surface area contributed by atoms with Crippen molar-refractivity contribution in [3.05, 3.63) is 48.2 Å². The average Bonchev–Trinajstić information content (AvgIpc) is 2.62. The highest BCUT2D eigenvalue weighted by Crippen LogP contribution is 2.22. The van der Waals surface area contributed by atoms with Crippen LogP contribution in [0.3, 0.4) is 0 Å². The molecular weight excluding hydrogens is 280 g/mol. The fourth-order valence-electron chi connectivity index (χ4n) is 2.42. The number of benzene rings is 1. The van der Waals surface area contributed by atoms with Crippen molar-refractivity contribution >= 4 is 5.91 Å². The first-order chi connectivity index (χ1) is 10.8. The summed E-state index contributed by atoms with van der Waals surface area (Å²) in [7, 11) is 1.64. The van der Waals surface area contributed by atoms with E-state index in [9.17, 15) is 4.79 Å². The molecule has 1 aromatic carbocycles. The Kier molecular flexibility index (Phi) is 4.34. The molecule has 1 fully saturated rings. The average molecular weight is 298 g/mol. The van der Waals surface area contributed by atoms with Gasteiger partial charge in [0.1, 0.15) is 5.75 Å². The van der Waals surface area contributed by atoms with Gasteiger partial charge in [-0.25, -0.2) is 0 Å². The molecule has 0 spiro atoms. The standard InChI is InChI=1S/C17H18N2O3/c1-21-15-4-2-3-13(11-15)16-6-5-14(12-18-16)17(20)19-7-9-22-10-8-19/h2-6,11-12H,7-10H2,1H3. The number of hydrogen-bond donors (Lipinski definition) is 0. The summed E-state index contributed by atoms with van der Waals surface area (Å²) in [5.41, 5.74) is 2.38. The molecule has 0 aliphatic carbocycles. The molecule has 2 heterocycles. The lowest BCUT2D eigenvalue weighted by Crippen LogP contribution is -2.40. The second-order valence-electron chi connectivity index (χ2n) is 5.07.